The first kappa shape index (κ1) is 28.8. The lowest BCUT2D eigenvalue weighted by molar-refractivity contribution is 0.0985. The summed E-state index contributed by atoms with van der Waals surface area (Å²) in [5.41, 5.74) is 1.00. The molecule has 0 radical (unpaired) electrons. The number of thiazole rings is 1. The molecule has 0 unspecified atom stereocenters. The summed E-state index contributed by atoms with van der Waals surface area (Å²) in [6.07, 6.45) is 1.70. The maximum Gasteiger partial charge on any atom is 0.260 e. The predicted molar refractivity (Wildman–Crippen MR) is 149 cm³/mol. The number of hydrogen-bond donors (Lipinski definition) is 0. The second-order valence-electron chi connectivity index (χ2n) is 8.78. The Bertz CT molecular complexity index is 1270. The van der Waals surface area contributed by atoms with Crippen molar-refractivity contribution < 1.29 is 22.7 Å². The first-order valence-corrected chi connectivity index (χ1v) is 14.5. The molecule has 3 aromatic rings. The number of carbonyl (C=O) groups is 1. The minimum atomic E-state index is -3.63. The molecule has 0 bridgehead atoms. The van der Waals surface area contributed by atoms with Gasteiger partial charge in [0.2, 0.25) is 10.0 Å². The van der Waals surface area contributed by atoms with Crippen LogP contribution in [0.2, 0.25) is 0 Å². The van der Waals surface area contributed by atoms with Crippen molar-refractivity contribution in [3.63, 3.8) is 0 Å². The molecule has 1 amide bonds. The van der Waals surface area contributed by atoms with Gasteiger partial charge < -0.3 is 14.4 Å². The summed E-state index contributed by atoms with van der Waals surface area (Å²) in [5.74, 6) is 0.982. The topological polar surface area (TPSA) is 92.3 Å². The maximum absolute atomic E-state index is 13.7. The minimum absolute atomic E-state index is 0.177. The lowest BCUT2D eigenvalue weighted by Gasteiger charge is -2.23. The number of unbranched alkanes of at least 4 members (excludes halogenated alkanes) is 1. The zero-order valence-electron chi connectivity index (χ0n) is 22.4. The first-order valence-electron chi connectivity index (χ1n) is 12.3. The van der Waals surface area contributed by atoms with Crippen LogP contribution in [0.1, 0.15) is 37.0 Å². The van der Waals surface area contributed by atoms with Crippen molar-refractivity contribution in [3.05, 3.63) is 42.0 Å². The third kappa shape index (κ3) is 6.40. The van der Waals surface area contributed by atoms with Crippen LogP contribution >= 0.6 is 11.3 Å². The number of rotatable bonds is 13. The van der Waals surface area contributed by atoms with E-state index in [0.29, 0.717) is 53.9 Å². The van der Waals surface area contributed by atoms with Crippen LogP contribution in [0.5, 0.6) is 11.5 Å². The lowest BCUT2D eigenvalue weighted by atomic mass is 10.2. The van der Waals surface area contributed by atoms with Crippen LogP contribution in [0.4, 0.5) is 5.13 Å². The smallest absolute Gasteiger partial charge is 0.260 e. The van der Waals surface area contributed by atoms with Crippen molar-refractivity contribution in [2.75, 3.05) is 59.4 Å². The fourth-order valence-corrected chi connectivity index (χ4v) is 6.42. The highest BCUT2D eigenvalue weighted by molar-refractivity contribution is 7.89. The number of anilines is 1. The SMILES string of the molecule is CCCCN(CC)S(=O)(=O)c1ccc(C(=O)N(CCN(C)C)c2nc3c(OC)ccc(OC)c3s2)cc1. The van der Waals surface area contributed by atoms with Gasteiger partial charge in [-0.3, -0.25) is 9.69 Å². The Morgan fingerprint density at radius 1 is 0.946 bits per heavy atom. The van der Waals surface area contributed by atoms with E-state index in [1.54, 1.807) is 37.3 Å². The highest BCUT2D eigenvalue weighted by Crippen LogP contribution is 2.40. The van der Waals surface area contributed by atoms with E-state index in [0.717, 1.165) is 17.5 Å². The molecule has 0 aliphatic rings. The number of aromatic nitrogens is 1. The van der Waals surface area contributed by atoms with Crippen molar-refractivity contribution in [2.24, 2.45) is 0 Å². The largest absolute Gasteiger partial charge is 0.495 e. The number of carbonyl (C=O) groups excluding carboxylic acids is 1. The molecule has 0 fully saturated rings. The fraction of sp³-hybridized carbons (Fsp3) is 0.462. The zero-order valence-corrected chi connectivity index (χ0v) is 24.0. The van der Waals surface area contributed by atoms with Crippen LogP contribution in [0.25, 0.3) is 10.2 Å². The van der Waals surface area contributed by atoms with Gasteiger partial charge in [0.05, 0.1) is 19.1 Å². The van der Waals surface area contributed by atoms with Gasteiger partial charge in [0.25, 0.3) is 5.91 Å². The molecule has 0 aliphatic carbocycles. The number of nitrogens with zero attached hydrogens (tertiary/aromatic N) is 4. The first-order chi connectivity index (χ1) is 17.7. The molecular weight excluding hydrogens is 512 g/mol. The summed E-state index contributed by atoms with van der Waals surface area (Å²) in [7, 11) is 3.41. The van der Waals surface area contributed by atoms with Gasteiger partial charge in [0, 0.05) is 31.7 Å². The van der Waals surface area contributed by atoms with E-state index in [9.17, 15) is 13.2 Å². The molecule has 0 saturated carbocycles. The van der Waals surface area contributed by atoms with Gasteiger partial charge in [-0.05, 0) is 56.9 Å². The second kappa shape index (κ2) is 12.7. The molecule has 11 heteroatoms. The summed E-state index contributed by atoms with van der Waals surface area (Å²) in [5, 5.41) is 0.512. The molecule has 0 saturated heterocycles. The number of fused-ring (bicyclic) bond motifs is 1. The van der Waals surface area contributed by atoms with Crippen molar-refractivity contribution in [1.29, 1.82) is 0 Å². The summed E-state index contributed by atoms with van der Waals surface area (Å²) in [4.78, 5) is 22.2. The lowest BCUT2D eigenvalue weighted by Crippen LogP contribution is -2.36. The van der Waals surface area contributed by atoms with Gasteiger partial charge in [-0.2, -0.15) is 4.31 Å². The maximum atomic E-state index is 13.7. The van der Waals surface area contributed by atoms with E-state index >= 15 is 0 Å². The van der Waals surface area contributed by atoms with Gasteiger partial charge >= 0.3 is 0 Å². The predicted octanol–water partition coefficient (Wildman–Crippen LogP) is 4.33. The van der Waals surface area contributed by atoms with E-state index in [-0.39, 0.29) is 10.8 Å². The molecule has 0 aliphatic heterocycles. The standard InChI is InChI=1S/C26H36N4O5S2/c1-7-9-16-29(8-2)37(32,33)20-12-10-19(11-13-20)25(31)30(18-17-28(3)4)26-27-23-21(34-5)14-15-22(35-6)24(23)36-26/h10-15H,7-9,16-18H2,1-6H3. The van der Waals surface area contributed by atoms with Crippen LogP contribution in [0, 0.1) is 0 Å². The summed E-state index contributed by atoms with van der Waals surface area (Å²) < 4.78 is 39.4. The molecule has 9 nitrogen and oxygen atoms in total. The molecule has 0 N–H and O–H groups in total. The molecule has 0 spiro atoms. The van der Waals surface area contributed by atoms with Crippen molar-refractivity contribution in [1.82, 2.24) is 14.2 Å². The number of sulfonamides is 1. The number of likely N-dealkylation sites (N-methyl/N-ethyl adjacent to an activating group) is 1. The fourth-order valence-electron chi connectivity index (χ4n) is 3.83. The van der Waals surface area contributed by atoms with Crippen LogP contribution in [-0.2, 0) is 10.0 Å². The van der Waals surface area contributed by atoms with Crippen molar-refractivity contribution in [2.45, 2.75) is 31.6 Å². The summed E-state index contributed by atoms with van der Waals surface area (Å²) >= 11 is 1.35. The molecular formula is C26H36N4O5S2. The Morgan fingerprint density at radius 3 is 2.16 bits per heavy atom. The third-order valence-corrected chi connectivity index (χ3v) is 9.08. The van der Waals surface area contributed by atoms with Gasteiger partial charge in [0.1, 0.15) is 21.7 Å². The number of methoxy groups -OCH3 is 2. The Labute approximate surface area is 223 Å². The van der Waals surface area contributed by atoms with Crippen molar-refractivity contribution >= 4 is 42.6 Å². The average Bonchev–Trinajstić information content (AvgIpc) is 3.33. The summed E-state index contributed by atoms with van der Waals surface area (Å²) in [6.45, 7) is 5.74. The van der Waals surface area contributed by atoms with E-state index in [1.807, 2.05) is 38.9 Å². The quantitative estimate of drug-likeness (QED) is 0.314. The van der Waals surface area contributed by atoms with E-state index in [1.165, 1.54) is 27.8 Å². The van der Waals surface area contributed by atoms with Crippen LogP contribution in [0.3, 0.4) is 0 Å². The highest BCUT2D eigenvalue weighted by Gasteiger charge is 2.26. The van der Waals surface area contributed by atoms with Crippen LogP contribution in [0.15, 0.2) is 41.3 Å². The number of ether oxygens (including phenoxy) is 2. The van der Waals surface area contributed by atoms with E-state index in [4.69, 9.17) is 14.5 Å². The normalized spacial score (nSPS) is 11.9. The average molecular weight is 549 g/mol. The molecule has 3 rings (SSSR count). The molecule has 1 heterocycles. The van der Waals surface area contributed by atoms with Gasteiger partial charge in [-0.15, -0.1) is 0 Å². The molecule has 1 aromatic heterocycles. The molecule has 2 aromatic carbocycles. The van der Waals surface area contributed by atoms with E-state index < -0.39 is 10.0 Å². The van der Waals surface area contributed by atoms with E-state index in [2.05, 4.69) is 0 Å². The Hall–Kier alpha value is -2.73. The van der Waals surface area contributed by atoms with Crippen LogP contribution in [-0.4, -0.2) is 83.0 Å². The Morgan fingerprint density at radius 2 is 1.59 bits per heavy atom. The van der Waals surface area contributed by atoms with Crippen LogP contribution < -0.4 is 14.4 Å². The highest BCUT2D eigenvalue weighted by atomic mass is 32.2. The van der Waals surface area contributed by atoms with Crippen molar-refractivity contribution in [3.8, 4) is 11.5 Å². The van der Waals surface area contributed by atoms with Gasteiger partial charge in [0.15, 0.2) is 5.13 Å². The Balaban J connectivity index is 1.97. The zero-order chi connectivity index (χ0) is 27.2. The molecule has 202 valence electrons. The number of hydrogen-bond acceptors (Lipinski definition) is 8. The number of amides is 1. The monoisotopic (exact) mass is 548 g/mol. The molecule has 37 heavy (non-hydrogen) atoms. The molecule has 0 atom stereocenters. The minimum Gasteiger partial charge on any atom is -0.495 e. The number of benzene rings is 2. The van der Waals surface area contributed by atoms with Gasteiger partial charge in [-0.1, -0.05) is 31.6 Å². The van der Waals surface area contributed by atoms with Gasteiger partial charge in [-0.25, -0.2) is 13.4 Å². The third-order valence-electron chi connectivity index (χ3n) is 6.00. The summed E-state index contributed by atoms with van der Waals surface area (Å²) in [6, 6.07) is 9.75. The second-order valence-corrected chi connectivity index (χ2v) is 11.7. The Kier molecular flexibility index (Phi) is 9.88.